The Hall–Kier alpha value is -0.990. The molecule has 1 rings (SSSR count). The van der Waals surface area contributed by atoms with Gasteiger partial charge in [0.05, 0.1) is 17.5 Å². The van der Waals surface area contributed by atoms with Gasteiger partial charge in [0, 0.05) is 10.7 Å². The molecule has 0 aromatic heterocycles. The summed E-state index contributed by atoms with van der Waals surface area (Å²) in [6.45, 7) is 4.58. The van der Waals surface area contributed by atoms with Crippen molar-refractivity contribution in [2.45, 2.75) is 30.4 Å². The van der Waals surface area contributed by atoms with Gasteiger partial charge in [-0.2, -0.15) is 0 Å². The minimum absolute atomic E-state index is 0.0405. The molecule has 0 fully saturated rings. The van der Waals surface area contributed by atoms with Gasteiger partial charge in [0.25, 0.3) is 9.05 Å². The normalized spacial score (nSPS) is 13.1. The Bertz CT molecular complexity index is 705. The standard InChI is InChI=1S/C11H16ClNO5S2/c1-11(2,3)20(16,17)13-8-5-6-9(18-4)10(7-8)19(12,14)15/h5-7,13H,1-4H3. The average Bonchev–Trinajstić information content (AvgIpc) is 2.25. The molecule has 0 amide bonds. The molecule has 1 N–H and O–H groups in total. The molecule has 0 saturated carbocycles. The van der Waals surface area contributed by atoms with E-state index in [4.69, 9.17) is 15.4 Å². The van der Waals surface area contributed by atoms with Crippen molar-refractivity contribution in [3.63, 3.8) is 0 Å². The number of ether oxygens (including phenoxy) is 1. The van der Waals surface area contributed by atoms with Gasteiger partial charge in [-0.05, 0) is 39.0 Å². The zero-order chi connectivity index (χ0) is 15.8. The van der Waals surface area contributed by atoms with Crippen LogP contribution in [-0.4, -0.2) is 28.7 Å². The summed E-state index contributed by atoms with van der Waals surface area (Å²) in [7, 11) is -1.13. The van der Waals surface area contributed by atoms with Crippen LogP contribution in [0, 0.1) is 0 Å². The number of rotatable bonds is 4. The number of anilines is 1. The number of sulfonamides is 1. The van der Waals surface area contributed by atoms with E-state index >= 15 is 0 Å². The summed E-state index contributed by atoms with van der Waals surface area (Å²) in [6.07, 6.45) is 0. The van der Waals surface area contributed by atoms with Crippen LogP contribution in [0.25, 0.3) is 0 Å². The van der Waals surface area contributed by atoms with E-state index in [0.29, 0.717) is 0 Å². The fourth-order valence-electron chi connectivity index (χ4n) is 1.24. The minimum Gasteiger partial charge on any atom is -0.495 e. The first-order valence-corrected chi connectivity index (χ1v) is 9.33. The molecule has 9 heteroatoms. The third-order valence-electron chi connectivity index (χ3n) is 2.48. The highest BCUT2D eigenvalue weighted by molar-refractivity contribution is 8.13. The van der Waals surface area contributed by atoms with E-state index < -0.39 is 23.8 Å². The molecule has 0 unspecified atom stereocenters. The molecule has 0 aliphatic heterocycles. The Morgan fingerprint density at radius 1 is 1.15 bits per heavy atom. The zero-order valence-electron chi connectivity index (χ0n) is 11.5. The van der Waals surface area contributed by atoms with Crippen molar-refractivity contribution < 1.29 is 21.6 Å². The van der Waals surface area contributed by atoms with Crippen molar-refractivity contribution in [1.29, 1.82) is 0 Å². The Morgan fingerprint density at radius 2 is 1.70 bits per heavy atom. The predicted octanol–water partition coefficient (Wildman–Crippen LogP) is 2.16. The number of hydrogen-bond acceptors (Lipinski definition) is 5. The van der Waals surface area contributed by atoms with Crippen molar-refractivity contribution in [2.24, 2.45) is 0 Å². The molecule has 1 aromatic carbocycles. The summed E-state index contributed by atoms with van der Waals surface area (Å²) >= 11 is 0. The summed E-state index contributed by atoms with van der Waals surface area (Å²) in [5, 5.41) is 0. The van der Waals surface area contributed by atoms with Crippen molar-refractivity contribution in [1.82, 2.24) is 0 Å². The molecule has 0 atom stereocenters. The second kappa shape index (κ2) is 5.42. The van der Waals surface area contributed by atoms with E-state index in [1.807, 2.05) is 0 Å². The van der Waals surface area contributed by atoms with Crippen molar-refractivity contribution >= 4 is 35.4 Å². The van der Waals surface area contributed by atoms with E-state index in [1.165, 1.54) is 40.0 Å². The van der Waals surface area contributed by atoms with Gasteiger partial charge in [-0.15, -0.1) is 0 Å². The quantitative estimate of drug-likeness (QED) is 0.847. The topological polar surface area (TPSA) is 89.5 Å². The monoisotopic (exact) mass is 341 g/mol. The Balaban J connectivity index is 3.32. The smallest absolute Gasteiger partial charge is 0.265 e. The molecule has 0 aliphatic rings. The highest BCUT2D eigenvalue weighted by Gasteiger charge is 2.29. The average molecular weight is 342 g/mol. The third kappa shape index (κ3) is 3.77. The first-order valence-electron chi connectivity index (χ1n) is 5.53. The number of benzene rings is 1. The maximum absolute atomic E-state index is 12.0. The number of halogens is 1. The van der Waals surface area contributed by atoms with Gasteiger partial charge in [-0.25, -0.2) is 16.8 Å². The van der Waals surface area contributed by atoms with Gasteiger partial charge < -0.3 is 4.74 Å². The van der Waals surface area contributed by atoms with Crippen LogP contribution in [0.15, 0.2) is 23.1 Å². The summed E-state index contributed by atoms with van der Waals surface area (Å²) < 4.78 is 53.1. The van der Waals surface area contributed by atoms with Crippen LogP contribution in [0.4, 0.5) is 5.69 Å². The first-order chi connectivity index (χ1) is 8.88. The second-order valence-corrected chi connectivity index (χ2v) is 9.99. The molecule has 1 aromatic rings. The van der Waals surface area contributed by atoms with Gasteiger partial charge in [-0.3, -0.25) is 4.72 Å². The minimum atomic E-state index is -4.05. The van der Waals surface area contributed by atoms with Crippen LogP contribution in [0.3, 0.4) is 0 Å². The van der Waals surface area contributed by atoms with Gasteiger partial charge >= 0.3 is 0 Å². The van der Waals surface area contributed by atoms with Crippen molar-refractivity contribution in [3.8, 4) is 5.75 Å². The van der Waals surface area contributed by atoms with Gasteiger partial charge in [-0.1, -0.05) is 0 Å². The predicted molar refractivity (Wildman–Crippen MR) is 78.3 cm³/mol. The highest BCUT2D eigenvalue weighted by atomic mass is 35.7. The summed E-state index contributed by atoms with van der Waals surface area (Å²) in [6, 6.07) is 3.84. The highest BCUT2D eigenvalue weighted by Crippen LogP contribution is 2.30. The zero-order valence-corrected chi connectivity index (χ0v) is 13.9. The Labute approximate surface area is 123 Å². The molecule has 114 valence electrons. The van der Waals surface area contributed by atoms with Crippen LogP contribution < -0.4 is 9.46 Å². The lowest BCUT2D eigenvalue weighted by molar-refractivity contribution is 0.403. The van der Waals surface area contributed by atoms with Crippen molar-refractivity contribution in [2.75, 3.05) is 11.8 Å². The van der Waals surface area contributed by atoms with Crippen LogP contribution in [-0.2, 0) is 19.1 Å². The Morgan fingerprint density at radius 3 is 2.10 bits per heavy atom. The van der Waals surface area contributed by atoms with Crippen LogP contribution in [0.1, 0.15) is 20.8 Å². The molecular weight excluding hydrogens is 326 g/mol. The maximum atomic E-state index is 12.0. The maximum Gasteiger partial charge on any atom is 0.265 e. The number of hydrogen-bond donors (Lipinski definition) is 1. The lowest BCUT2D eigenvalue weighted by Gasteiger charge is -2.20. The molecule has 0 bridgehead atoms. The summed E-state index contributed by atoms with van der Waals surface area (Å²) in [5.41, 5.74) is 0.0972. The summed E-state index contributed by atoms with van der Waals surface area (Å²) in [4.78, 5) is -0.296. The van der Waals surface area contributed by atoms with Crippen LogP contribution in [0.5, 0.6) is 5.75 Å². The molecule has 0 aliphatic carbocycles. The van der Waals surface area contributed by atoms with E-state index in [2.05, 4.69) is 4.72 Å². The number of methoxy groups -OCH3 is 1. The molecule has 0 heterocycles. The third-order valence-corrected chi connectivity index (χ3v) is 5.94. The lowest BCUT2D eigenvalue weighted by Crippen LogP contribution is -2.33. The molecule has 6 nitrogen and oxygen atoms in total. The SMILES string of the molecule is COc1ccc(NS(=O)(=O)C(C)(C)C)cc1S(=O)(=O)Cl. The number of nitrogens with one attached hydrogen (secondary N) is 1. The first kappa shape index (κ1) is 17.1. The lowest BCUT2D eigenvalue weighted by atomic mass is 10.3. The van der Waals surface area contributed by atoms with Gasteiger partial charge in [0.2, 0.25) is 10.0 Å². The molecular formula is C11H16ClNO5S2. The fraction of sp³-hybridized carbons (Fsp3) is 0.455. The van der Waals surface area contributed by atoms with E-state index in [0.717, 1.165) is 6.07 Å². The second-order valence-electron chi connectivity index (χ2n) is 5.02. The van der Waals surface area contributed by atoms with E-state index in [9.17, 15) is 16.8 Å². The van der Waals surface area contributed by atoms with Gasteiger partial charge in [0.1, 0.15) is 10.6 Å². The largest absolute Gasteiger partial charge is 0.495 e. The Kier molecular flexibility index (Phi) is 4.62. The van der Waals surface area contributed by atoms with E-state index in [1.54, 1.807) is 0 Å². The fourth-order valence-corrected chi connectivity index (χ4v) is 3.00. The molecule has 0 spiro atoms. The van der Waals surface area contributed by atoms with Crippen LogP contribution >= 0.6 is 10.7 Å². The van der Waals surface area contributed by atoms with E-state index in [-0.39, 0.29) is 16.3 Å². The molecule has 0 saturated heterocycles. The molecule has 0 radical (unpaired) electrons. The van der Waals surface area contributed by atoms with Crippen LogP contribution in [0.2, 0.25) is 0 Å². The van der Waals surface area contributed by atoms with Crippen molar-refractivity contribution in [3.05, 3.63) is 18.2 Å². The van der Waals surface area contributed by atoms with Gasteiger partial charge in [0.15, 0.2) is 0 Å². The summed E-state index contributed by atoms with van der Waals surface area (Å²) in [5.74, 6) is 0.0405. The molecule has 20 heavy (non-hydrogen) atoms.